The fraction of sp³-hybridized carbons (Fsp3) is 0.862. The number of ketones is 1. The third-order valence-electron chi connectivity index (χ3n) is 11.3. The zero-order valence-electron chi connectivity index (χ0n) is 22.7. The molecule has 4 aliphatic carbocycles. The van der Waals surface area contributed by atoms with E-state index in [9.17, 15) is 29.4 Å². The Morgan fingerprint density at radius 2 is 1.70 bits per heavy atom. The van der Waals surface area contributed by atoms with Crippen molar-refractivity contribution in [2.24, 2.45) is 52.1 Å². The molecule has 8 nitrogen and oxygen atoms in total. The average molecular weight is 519 g/mol. The zero-order chi connectivity index (χ0) is 27.1. The molecule has 0 bridgehead atoms. The predicted molar refractivity (Wildman–Crippen MR) is 138 cm³/mol. The second-order valence-electron chi connectivity index (χ2n) is 13.2. The van der Waals surface area contributed by atoms with Gasteiger partial charge < -0.3 is 21.3 Å². The lowest BCUT2D eigenvalue weighted by atomic mass is 9.44. The average Bonchev–Trinajstić information content (AvgIpc) is 3.18. The third-order valence-corrected chi connectivity index (χ3v) is 11.3. The van der Waals surface area contributed by atoms with Crippen LogP contribution in [0.1, 0.15) is 97.8 Å². The number of aliphatic carboxylic acids is 1. The van der Waals surface area contributed by atoms with Crippen LogP contribution in [-0.4, -0.2) is 45.9 Å². The molecular formula is C29H46N2O6. The van der Waals surface area contributed by atoms with Gasteiger partial charge in [0.05, 0.1) is 6.10 Å². The lowest BCUT2D eigenvalue weighted by Crippen LogP contribution is -2.57. The molecule has 0 aromatic heterocycles. The van der Waals surface area contributed by atoms with E-state index in [1.54, 1.807) is 0 Å². The summed E-state index contributed by atoms with van der Waals surface area (Å²) in [6.07, 6.45) is 8.08. The van der Waals surface area contributed by atoms with Crippen LogP contribution < -0.4 is 11.1 Å². The Kier molecular flexibility index (Phi) is 8.08. The molecule has 5 N–H and O–H groups in total. The van der Waals surface area contributed by atoms with E-state index in [1.165, 1.54) is 0 Å². The number of nitrogens with one attached hydrogen (secondary N) is 1. The smallest absolute Gasteiger partial charge is 0.326 e. The molecule has 4 fully saturated rings. The van der Waals surface area contributed by atoms with Gasteiger partial charge in [-0.2, -0.15) is 0 Å². The minimum absolute atomic E-state index is 0.0103. The van der Waals surface area contributed by atoms with E-state index in [2.05, 4.69) is 26.1 Å². The first-order valence-electron chi connectivity index (χ1n) is 14.4. The molecular weight excluding hydrogens is 472 g/mol. The number of carboxylic acid groups (broad SMARTS) is 1. The number of carbonyl (C=O) groups excluding carboxylic acids is 3. The van der Waals surface area contributed by atoms with Gasteiger partial charge in [0, 0.05) is 25.2 Å². The molecule has 0 spiro atoms. The van der Waals surface area contributed by atoms with Gasteiger partial charge in [0.2, 0.25) is 11.8 Å². The standard InChI is InChI=1S/C29H46N2O6/c1-16(4-9-25(35)31-22(27(36)37)7-8-24(30)34)19-5-6-20-26-21(11-13-29(19,20)3)28(2)12-10-18(32)14-17(28)15-23(26)33/h16-22,26,32H,4-15H2,1-3H3,(H2,30,34)(H,31,35)(H,36,37)/t16-,17+,18-,19-,20+,21+,22+,26+,28+,29-/m1/s1. The van der Waals surface area contributed by atoms with Gasteiger partial charge in [-0.1, -0.05) is 20.8 Å². The molecule has 2 amide bonds. The molecule has 0 heterocycles. The van der Waals surface area contributed by atoms with E-state index in [1.807, 2.05) is 0 Å². The molecule has 8 heteroatoms. The maximum atomic E-state index is 13.6. The maximum absolute atomic E-state index is 13.6. The van der Waals surface area contributed by atoms with Crippen LogP contribution in [0.3, 0.4) is 0 Å². The molecule has 4 aliphatic rings. The van der Waals surface area contributed by atoms with Crippen molar-refractivity contribution in [1.82, 2.24) is 5.32 Å². The first-order chi connectivity index (χ1) is 17.4. The maximum Gasteiger partial charge on any atom is 0.326 e. The number of carboxylic acids is 1. The quantitative estimate of drug-likeness (QED) is 0.368. The predicted octanol–water partition coefficient (Wildman–Crippen LogP) is 3.44. The summed E-state index contributed by atoms with van der Waals surface area (Å²) >= 11 is 0. The number of Topliss-reactive ketones (excluding diaryl/α,β-unsaturated/α-hetero) is 1. The van der Waals surface area contributed by atoms with Crippen LogP contribution in [0.4, 0.5) is 0 Å². The fourth-order valence-electron chi connectivity index (χ4n) is 9.26. The highest BCUT2D eigenvalue weighted by Crippen LogP contribution is 2.67. The molecule has 37 heavy (non-hydrogen) atoms. The van der Waals surface area contributed by atoms with Crippen molar-refractivity contribution in [2.45, 2.75) is 110 Å². The summed E-state index contributed by atoms with van der Waals surface area (Å²) in [5, 5.41) is 22.2. The lowest BCUT2D eigenvalue weighted by Gasteiger charge is -2.60. The monoisotopic (exact) mass is 518 g/mol. The fourth-order valence-corrected chi connectivity index (χ4v) is 9.26. The van der Waals surface area contributed by atoms with E-state index in [4.69, 9.17) is 5.73 Å². The van der Waals surface area contributed by atoms with Gasteiger partial charge in [-0.3, -0.25) is 14.4 Å². The summed E-state index contributed by atoms with van der Waals surface area (Å²) in [5.41, 5.74) is 5.35. The highest BCUT2D eigenvalue weighted by Gasteiger charge is 2.63. The van der Waals surface area contributed by atoms with Gasteiger partial charge in [0.1, 0.15) is 11.8 Å². The van der Waals surface area contributed by atoms with Gasteiger partial charge in [-0.05, 0) is 98.2 Å². The minimum Gasteiger partial charge on any atom is -0.480 e. The normalized spacial score (nSPS) is 40.6. The van der Waals surface area contributed by atoms with E-state index >= 15 is 0 Å². The molecule has 0 saturated heterocycles. The van der Waals surface area contributed by atoms with E-state index in [0.717, 1.165) is 44.9 Å². The van der Waals surface area contributed by atoms with E-state index < -0.39 is 17.9 Å². The van der Waals surface area contributed by atoms with Crippen molar-refractivity contribution in [1.29, 1.82) is 0 Å². The summed E-state index contributed by atoms with van der Waals surface area (Å²) in [6, 6.07) is -1.11. The SMILES string of the molecule is C[C@H](CCC(=O)N[C@@H](CCC(N)=O)C(=O)O)[C@H]1CC[C@H]2[C@@H]3C(=O)C[C@@H]4C[C@H](O)CC[C@]4(C)[C@H]3CC[C@]12C. The number of carbonyl (C=O) groups is 4. The van der Waals surface area contributed by atoms with Crippen molar-refractivity contribution in [3.63, 3.8) is 0 Å². The number of nitrogens with two attached hydrogens (primary N) is 1. The second-order valence-corrected chi connectivity index (χ2v) is 13.2. The molecule has 4 saturated carbocycles. The molecule has 0 aromatic carbocycles. The molecule has 0 unspecified atom stereocenters. The highest BCUT2D eigenvalue weighted by atomic mass is 16.4. The molecule has 208 valence electrons. The van der Waals surface area contributed by atoms with E-state index in [-0.39, 0.29) is 53.9 Å². The Balaban J connectivity index is 1.38. The Bertz CT molecular complexity index is 922. The first-order valence-corrected chi connectivity index (χ1v) is 14.4. The van der Waals surface area contributed by atoms with Crippen molar-refractivity contribution in [2.75, 3.05) is 0 Å². The van der Waals surface area contributed by atoms with Gasteiger partial charge in [0.25, 0.3) is 0 Å². The van der Waals surface area contributed by atoms with Crippen molar-refractivity contribution in [3.8, 4) is 0 Å². The van der Waals surface area contributed by atoms with Crippen molar-refractivity contribution >= 4 is 23.6 Å². The third kappa shape index (κ3) is 5.32. The van der Waals surface area contributed by atoms with Crippen LogP contribution in [-0.2, 0) is 19.2 Å². The van der Waals surface area contributed by atoms with Gasteiger partial charge >= 0.3 is 5.97 Å². The number of fused-ring (bicyclic) bond motifs is 5. The number of aliphatic hydroxyl groups excluding tert-OH is 1. The van der Waals surface area contributed by atoms with Crippen LogP contribution in [0, 0.1) is 46.3 Å². The molecule has 0 aliphatic heterocycles. The van der Waals surface area contributed by atoms with Crippen LogP contribution in [0.2, 0.25) is 0 Å². The summed E-state index contributed by atoms with van der Waals surface area (Å²) in [5.74, 6) is 0.308. The van der Waals surface area contributed by atoms with E-state index in [0.29, 0.717) is 42.3 Å². The van der Waals surface area contributed by atoms with Gasteiger partial charge in [0.15, 0.2) is 0 Å². The zero-order valence-corrected chi connectivity index (χ0v) is 22.7. The Morgan fingerprint density at radius 3 is 2.38 bits per heavy atom. The molecule has 10 atom stereocenters. The van der Waals surface area contributed by atoms with Crippen LogP contribution in [0.15, 0.2) is 0 Å². The van der Waals surface area contributed by atoms with Gasteiger partial charge in [-0.25, -0.2) is 4.79 Å². The number of rotatable bonds is 9. The molecule has 0 radical (unpaired) electrons. The van der Waals surface area contributed by atoms with Crippen LogP contribution >= 0.6 is 0 Å². The molecule has 0 aromatic rings. The lowest BCUT2D eigenvalue weighted by molar-refractivity contribution is -0.160. The number of hydrogen-bond donors (Lipinski definition) is 4. The second kappa shape index (κ2) is 10.7. The Morgan fingerprint density at radius 1 is 1.03 bits per heavy atom. The summed E-state index contributed by atoms with van der Waals surface area (Å²) < 4.78 is 0. The number of amides is 2. The minimum atomic E-state index is -1.16. The van der Waals surface area contributed by atoms with Crippen molar-refractivity contribution in [3.05, 3.63) is 0 Å². The number of aliphatic hydroxyl groups is 1. The number of hydrogen-bond acceptors (Lipinski definition) is 5. The van der Waals surface area contributed by atoms with Crippen LogP contribution in [0.25, 0.3) is 0 Å². The summed E-state index contributed by atoms with van der Waals surface area (Å²) in [6.45, 7) is 6.96. The topological polar surface area (TPSA) is 147 Å². The van der Waals surface area contributed by atoms with Crippen molar-refractivity contribution < 1.29 is 29.4 Å². The largest absolute Gasteiger partial charge is 0.480 e. The van der Waals surface area contributed by atoms with Gasteiger partial charge in [-0.15, -0.1) is 0 Å². The Labute approximate surface area is 220 Å². The number of primary amides is 1. The highest BCUT2D eigenvalue weighted by molar-refractivity contribution is 5.84. The van der Waals surface area contributed by atoms with Crippen LogP contribution in [0.5, 0.6) is 0 Å². The summed E-state index contributed by atoms with van der Waals surface area (Å²) in [4.78, 5) is 48.6. The Hall–Kier alpha value is -1.96. The summed E-state index contributed by atoms with van der Waals surface area (Å²) in [7, 11) is 0. The first kappa shape index (κ1) is 28.1. The molecule has 4 rings (SSSR count).